The highest BCUT2D eigenvalue weighted by Crippen LogP contribution is 2.38. The summed E-state index contributed by atoms with van der Waals surface area (Å²) in [5, 5.41) is 0.613. The van der Waals surface area contributed by atoms with Gasteiger partial charge in [0.2, 0.25) is 0 Å². The molecule has 140 valence electrons. The maximum absolute atomic E-state index is 13.6. The van der Waals surface area contributed by atoms with Crippen molar-refractivity contribution in [2.24, 2.45) is 0 Å². The molecule has 4 heterocycles. The summed E-state index contributed by atoms with van der Waals surface area (Å²) >= 11 is 6.18. The van der Waals surface area contributed by atoms with Crippen LogP contribution in [-0.4, -0.2) is 56.8 Å². The molecule has 0 aliphatic carbocycles. The molecule has 2 saturated heterocycles. The second kappa shape index (κ2) is 6.54. The van der Waals surface area contributed by atoms with Crippen molar-refractivity contribution in [3.05, 3.63) is 34.7 Å². The van der Waals surface area contributed by atoms with Gasteiger partial charge in [-0.2, -0.15) is 0 Å². The lowest BCUT2D eigenvalue weighted by molar-refractivity contribution is -0.00376. The molecule has 2 fully saturated rings. The van der Waals surface area contributed by atoms with E-state index in [0.717, 1.165) is 43.7 Å². The van der Waals surface area contributed by atoms with Crippen LogP contribution in [0.25, 0.3) is 5.65 Å². The monoisotopic (exact) mass is 374 g/mol. The highest BCUT2D eigenvalue weighted by Gasteiger charge is 2.46. The molecule has 1 amide bonds. The number of likely N-dealkylation sites (tertiary alicyclic amines) is 2. The molecule has 4 rings (SSSR count). The number of amides is 1. The van der Waals surface area contributed by atoms with Crippen molar-refractivity contribution in [3.8, 4) is 0 Å². The third kappa shape index (κ3) is 2.72. The number of hydrogen-bond donors (Lipinski definition) is 0. The SMILES string of the molecule is Cc1nc2ccc(Cl)cn2c1C(=O)N1CCC[C@@]2(C)[C@@H]1CCCCN2C. The average Bonchev–Trinajstić information content (AvgIpc) is 2.84. The van der Waals surface area contributed by atoms with E-state index in [1.54, 1.807) is 6.20 Å². The Bertz CT molecular complexity index is 848. The van der Waals surface area contributed by atoms with Crippen LogP contribution in [0, 0.1) is 6.92 Å². The van der Waals surface area contributed by atoms with Crippen molar-refractivity contribution in [2.45, 2.75) is 57.5 Å². The first-order valence-electron chi connectivity index (χ1n) is 9.58. The molecule has 6 heteroatoms. The fraction of sp³-hybridized carbons (Fsp3) is 0.600. The molecule has 2 aromatic rings. The van der Waals surface area contributed by atoms with Gasteiger partial charge >= 0.3 is 0 Å². The maximum Gasteiger partial charge on any atom is 0.273 e. The number of carbonyl (C=O) groups excluding carboxylic acids is 1. The Kier molecular flexibility index (Phi) is 4.48. The van der Waals surface area contributed by atoms with Gasteiger partial charge in [-0.3, -0.25) is 14.1 Å². The van der Waals surface area contributed by atoms with Crippen LogP contribution in [0.1, 0.15) is 55.2 Å². The van der Waals surface area contributed by atoms with Gasteiger partial charge in [-0.05, 0) is 65.3 Å². The van der Waals surface area contributed by atoms with Crippen molar-refractivity contribution in [1.29, 1.82) is 0 Å². The van der Waals surface area contributed by atoms with Gasteiger partial charge in [-0.1, -0.05) is 18.0 Å². The molecule has 0 N–H and O–H groups in total. The molecule has 0 bridgehead atoms. The van der Waals surface area contributed by atoms with Crippen LogP contribution in [0.2, 0.25) is 5.02 Å². The van der Waals surface area contributed by atoms with E-state index in [2.05, 4.69) is 28.8 Å². The number of likely N-dealkylation sites (N-methyl/N-ethyl adjacent to an activating group) is 1. The van der Waals surface area contributed by atoms with Gasteiger partial charge in [-0.25, -0.2) is 4.98 Å². The summed E-state index contributed by atoms with van der Waals surface area (Å²) < 4.78 is 1.85. The largest absolute Gasteiger partial charge is 0.332 e. The molecule has 0 aromatic carbocycles. The van der Waals surface area contributed by atoms with Crippen molar-refractivity contribution in [2.75, 3.05) is 20.1 Å². The number of rotatable bonds is 1. The minimum Gasteiger partial charge on any atom is -0.332 e. The highest BCUT2D eigenvalue weighted by atomic mass is 35.5. The van der Waals surface area contributed by atoms with Crippen LogP contribution in [-0.2, 0) is 0 Å². The molecule has 5 nitrogen and oxygen atoms in total. The van der Waals surface area contributed by atoms with Crippen molar-refractivity contribution < 1.29 is 4.79 Å². The van der Waals surface area contributed by atoms with E-state index in [4.69, 9.17) is 11.6 Å². The minimum absolute atomic E-state index is 0.0520. The van der Waals surface area contributed by atoms with Crippen molar-refractivity contribution >= 4 is 23.2 Å². The Labute approximate surface area is 159 Å². The predicted molar refractivity (Wildman–Crippen MR) is 104 cm³/mol. The number of fused-ring (bicyclic) bond motifs is 2. The summed E-state index contributed by atoms with van der Waals surface area (Å²) in [6.45, 7) is 6.18. The van der Waals surface area contributed by atoms with Crippen molar-refractivity contribution in [1.82, 2.24) is 19.2 Å². The first kappa shape index (κ1) is 17.8. The number of halogens is 1. The zero-order valence-electron chi connectivity index (χ0n) is 15.8. The second-order valence-electron chi connectivity index (χ2n) is 8.01. The van der Waals surface area contributed by atoms with Crippen LogP contribution in [0.15, 0.2) is 18.3 Å². The Hall–Kier alpha value is -1.59. The lowest BCUT2D eigenvalue weighted by Crippen LogP contribution is -2.63. The number of imidazole rings is 1. The van der Waals surface area contributed by atoms with Gasteiger partial charge in [-0.15, -0.1) is 0 Å². The quantitative estimate of drug-likeness (QED) is 0.762. The fourth-order valence-electron chi connectivity index (χ4n) is 4.89. The molecule has 0 radical (unpaired) electrons. The summed E-state index contributed by atoms with van der Waals surface area (Å²) in [7, 11) is 2.21. The molecule has 2 aliphatic rings. The number of carbonyl (C=O) groups is 1. The third-order valence-electron chi connectivity index (χ3n) is 6.49. The Morgan fingerprint density at radius 1 is 1.27 bits per heavy atom. The lowest BCUT2D eigenvalue weighted by Gasteiger charge is -2.51. The molecule has 26 heavy (non-hydrogen) atoms. The van der Waals surface area contributed by atoms with E-state index in [-0.39, 0.29) is 17.5 Å². The molecule has 0 spiro atoms. The van der Waals surface area contributed by atoms with E-state index in [1.165, 1.54) is 12.8 Å². The van der Waals surface area contributed by atoms with Crippen LogP contribution in [0.5, 0.6) is 0 Å². The van der Waals surface area contributed by atoms with Crippen LogP contribution in [0.4, 0.5) is 0 Å². The zero-order valence-corrected chi connectivity index (χ0v) is 16.6. The Morgan fingerprint density at radius 2 is 2.08 bits per heavy atom. The van der Waals surface area contributed by atoms with E-state index >= 15 is 0 Å². The Balaban J connectivity index is 1.76. The van der Waals surface area contributed by atoms with E-state index in [1.807, 2.05) is 23.5 Å². The summed E-state index contributed by atoms with van der Waals surface area (Å²) in [5.74, 6) is 0.0866. The van der Waals surface area contributed by atoms with E-state index < -0.39 is 0 Å². The van der Waals surface area contributed by atoms with Crippen molar-refractivity contribution in [3.63, 3.8) is 0 Å². The summed E-state index contributed by atoms with van der Waals surface area (Å²) in [4.78, 5) is 22.8. The fourth-order valence-corrected chi connectivity index (χ4v) is 5.05. The van der Waals surface area contributed by atoms with Gasteiger partial charge in [0.25, 0.3) is 5.91 Å². The molecule has 2 atom stereocenters. The second-order valence-corrected chi connectivity index (χ2v) is 8.45. The molecular formula is C20H27ClN4O. The summed E-state index contributed by atoms with van der Waals surface area (Å²) in [6.07, 6.45) is 7.44. The number of piperidine rings is 1. The number of hydrogen-bond acceptors (Lipinski definition) is 3. The number of aryl methyl sites for hydroxylation is 1. The summed E-state index contributed by atoms with van der Waals surface area (Å²) in [5.41, 5.74) is 2.24. The zero-order chi connectivity index (χ0) is 18.5. The van der Waals surface area contributed by atoms with Crippen LogP contribution in [0.3, 0.4) is 0 Å². The smallest absolute Gasteiger partial charge is 0.273 e. The number of nitrogens with zero attached hydrogens (tertiary/aromatic N) is 4. The summed E-state index contributed by atoms with van der Waals surface area (Å²) in [6, 6.07) is 3.93. The van der Waals surface area contributed by atoms with Gasteiger partial charge in [0.1, 0.15) is 11.3 Å². The minimum atomic E-state index is 0.0520. The van der Waals surface area contributed by atoms with Gasteiger partial charge in [0, 0.05) is 18.3 Å². The highest BCUT2D eigenvalue weighted by molar-refractivity contribution is 6.30. The standard InChI is InChI=1S/C20H27ClN4O/c1-14-18(25-13-15(21)8-9-17(25)22-14)19(26)24-12-6-10-20(2)16(24)7-4-5-11-23(20)3/h8-9,13,16H,4-7,10-12H2,1-3H3/t16-,20-/m0/s1. The average molecular weight is 375 g/mol. The van der Waals surface area contributed by atoms with Gasteiger partial charge in [0.15, 0.2) is 0 Å². The van der Waals surface area contributed by atoms with Crippen LogP contribution >= 0.6 is 11.6 Å². The van der Waals surface area contributed by atoms with E-state index in [9.17, 15) is 4.79 Å². The van der Waals surface area contributed by atoms with Gasteiger partial charge in [0.05, 0.1) is 16.8 Å². The maximum atomic E-state index is 13.6. The number of aromatic nitrogens is 2. The first-order chi connectivity index (χ1) is 12.4. The number of pyridine rings is 1. The molecule has 2 aliphatic heterocycles. The Morgan fingerprint density at radius 3 is 2.88 bits per heavy atom. The normalized spacial score (nSPS) is 27.4. The predicted octanol–water partition coefficient (Wildman–Crippen LogP) is 3.78. The molecule has 2 aromatic heterocycles. The van der Waals surface area contributed by atoms with E-state index in [0.29, 0.717) is 10.7 Å². The molecule has 0 unspecified atom stereocenters. The van der Waals surface area contributed by atoms with Crippen LogP contribution < -0.4 is 0 Å². The molecular weight excluding hydrogens is 348 g/mol. The lowest BCUT2D eigenvalue weighted by atomic mass is 9.80. The molecule has 0 saturated carbocycles. The topological polar surface area (TPSA) is 40.9 Å². The third-order valence-corrected chi connectivity index (χ3v) is 6.71. The first-order valence-corrected chi connectivity index (χ1v) is 9.96. The van der Waals surface area contributed by atoms with Gasteiger partial charge < -0.3 is 4.90 Å².